The molecule has 1 unspecified atom stereocenters. The molecule has 1 aliphatic rings. The first kappa shape index (κ1) is 26.4. The van der Waals surface area contributed by atoms with Gasteiger partial charge >= 0.3 is 0 Å². The third kappa shape index (κ3) is 5.11. The van der Waals surface area contributed by atoms with E-state index in [0.29, 0.717) is 46.4 Å². The van der Waals surface area contributed by atoms with Crippen LogP contribution in [0.5, 0.6) is 17.2 Å². The Morgan fingerprint density at radius 1 is 1.10 bits per heavy atom. The number of furan rings is 1. The predicted molar refractivity (Wildman–Crippen MR) is 148 cm³/mol. The average Bonchev–Trinajstić information content (AvgIpc) is 3.63. The number of hydrogen-bond donors (Lipinski definition) is 2. The maximum absolute atomic E-state index is 13.7. The molecule has 204 valence electrons. The molecule has 2 aromatic carbocycles. The summed E-state index contributed by atoms with van der Waals surface area (Å²) in [6.07, 6.45) is 6.06. The van der Waals surface area contributed by atoms with Crippen LogP contribution in [0.15, 0.2) is 53.1 Å². The molecule has 2 N–H and O–H groups in total. The maximum Gasteiger partial charge on any atom is 0.273 e. The third-order valence-corrected chi connectivity index (χ3v) is 7.22. The minimum Gasteiger partial charge on any atom is -0.507 e. The van der Waals surface area contributed by atoms with Gasteiger partial charge in [-0.2, -0.15) is 5.10 Å². The van der Waals surface area contributed by atoms with E-state index in [0.717, 1.165) is 29.5 Å². The number of unbranched alkanes of at least 4 members (excludes halogenated alkanes) is 3. The van der Waals surface area contributed by atoms with Gasteiger partial charge in [0, 0.05) is 11.1 Å². The smallest absolute Gasteiger partial charge is 0.273 e. The van der Waals surface area contributed by atoms with Crippen molar-refractivity contribution in [1.82, 2.24) is 15.1 Å². The summed E-state index contributed by atoms with van der Waals surface area (Å²) in [5, 5.41) is 18.4. The Morgan fingerprint density at radius 3 is 2.67 bits per heavy atom. The van der Waals surface area contributed by atoms with Gasteiger partial charge in [0.25, 0.3) is 5.91 Å². The van der Waals surface area contributed by atoms with Crippen molar-refractivity contribution in [1.29, 1.82) is 0 Å². The molecule has 0 saturated heterocycles. The summed E-state index contributed by atoms with van der Waals surface area (Å²) < 4.78 is 17.4. The van der Waals surface area contributed by atoms with E-state index >= 15 is 0 Å². The van der Waals surface area contributed by atoms with Crippen LogP contribution in [0.25, 0.3) is 11.3 Å². The van der Waals surface area contributed by atoms with E-state index in [1.807, 2.05) is 44.2 Å². The van der Waals surface area contributed by atoms with Gasteiger partial charge < -0.3 is 23.9 Å². The Labute approximate surface area is 228 Å². The summed E-state index contributed by atoms with van der Waals surface area (Å²) in [4.78, 5) is 15.5. The van der Waals surface area contributed by atoms with Gasteiger partial charge in [0.1, 0.15) is 22.9 Å². The predicted octanol–water partition coefficient (Wildman–Crippen LogP) is 6.71. The van der Waals surface area contributed by atoms with Gasteiger partial charge in [-0.25, -0.2) is 0 Å². The molecular weight excluding hydrogens is 494 g/mol. The number of carbonyl (C=O) groups excluding carboxylic acids is 1. The van der Waals surface area contributed by atoms with Crippen molar-refractivity contribution in [2.45, 2.75) is 59.0 Å². The largest absolute Gasteiger partial charge is 0.507 e. The number of hydrogen-bond acceptors (Lipinski definition) is 6. The third-order valence-electron chi connectivity index (χ3n) is 7.22. The molecule has 1 aliphatic heterocycles. The number of aromatic amines is 1. The van der Waals surface area contributed by atoms with Gasteiger partial charge in [-0.1, -0.05) is 38.3 Å². The number of aromatic hydroxyl groups is 1. The number of methoxy groups -OCH3 is 1. The highest BCUT2D eigenvalue weighted by atomic mass is 16.5. The maximum atomic E-state index is 13.7. The van der Waals surface area contributed by atoms with Crippen molar-refractivity contribution in [3.05, 3.63) is 82.4 Å². The van der Waals surface area contributed by atoms with Crippen LogP contribution < -0.4 is 9.47 Å². The zero-order valence-electron chi connectivity index (χ0n) is 22.9. The van der Waals surface area contributed by atoms with Crippen LogP contribution in [0.1, 0.15) is 77.2 Å². The summed E-state index contributed by atoms with van der Waals surface area (Å²) in [6.45, 7) is 6.94. The van der Waals surface area contributed by atoms with E-state index in [2.05, 4.69) is 17.1 Å². The topological polar surface area (TPSA) is 101 Å². The molecule has 0 spiro atoms. The van der Waals surface area contributed by atoms with Gasteiger partial charge in [0.15, 0.2) is 11.5 Å². The number of carbonyl (C=O) groups is 1. The van der Waals surface area contributed by atoms with Gasteiger partial charge in [-0.3, -0.25) is 9.89 Å². The molecule has 0 radical (unpaired) electrons. The lowest BCUT2D eigenvalue weighted by Gasteiger charge is -2.26. The van der Waals surface area contributed by atoms with Crippen LogP contribution >= 0.6 is 0 Å². The first-order valence-electron chi connectivity index (χ1n) is 13.5. The monoisotopic (exact) mass is 529 g/mol. The van der Waals surface area contributed by atoms with Crippen LogP contribution in [0.2, 0.25) is 0 Å². The van der Waals surface area contributed by atoms with Crippen LogP contribution in [0.3, 0.4) is 0 Å². The minimum atomic E-state index is -0.487. The molecule has 3 heterocycles. The molecule has 0 aliphatic carbocycles. The Balaban J connectivity index is 1.57. The SMILES string of the molecule is CCCCCCOc1ccc(C2c3c(-c4c(C)cc(C)cc4O)n[nH]c3C(=O)N2Cc2ccco2)cc1OC. The fourth-order valence-electron chi connectivity index (χ4n) is 5.41. The number of H-pyrrole nitrogens is 1. The fraction of sp³-hybridized carbons (Fsp3) is 0.355. The van der Waals surface area contributed by atoms with E-state index in [9.17, 15) is 9.90 Å². The lowest BCUT2D eigenvalue weighted by molar-refractivity contribution is 0.0716. The molecular formula is C31H35N3O5. The molecule has 5 rings (SSSR count). The molecule has 0 bridgehead atoms. The lowest BCUT2D eigenvalue weighted by Crippen LogP contribution is -2.29. The van der Waals surface area contributed by atoms with Crippen molar-refractivity contribution in [2.75, 3.05) is 13.7 Å². The Bertz CT molecular complexity index is 1430. The summed E-state index contributed by atoms with van der Waals surface area (Å²) in [7, 11) is 1.62. The highest BCUT2D eigenvalue weighted by Gasteiger charge is 2.43. The van der Waals surface area contributed by atoms with Crippen molar-refractivity contribution in [3.8, 4) is 28.5 Å². The molecule has 8 heteroatoms. The fourth-order valence-corrected chi connectivity index (χ4v) is 5.41. The highest BCUT2D eigenvalue weighted by molar-refractivity contribution is 6.00. The number of ether oxygens (including phenoxy) is 2. The van der Waals surface area contributed by atoms with E-state index in [-0.39, 0.29) is 18.2 Å². The second-order valence-corrected chi connectivity index (χ2v) is 10.1. The molecule has 4 aromatic rings. The summed E-state index contributed by atoms with van der Waals surface area (Å²) >= 11 is 0. The Hall–Kier alpha value is -4.20. The lowest BCUT2D eigenvalue weighted by atomic mass is 9.93. The molecule has 0 saturated carbocycles. The molecule has 8 nitrogen and oxygen atoms in total. The minimum absolute atomic E-state index is 0.127. The molecule has 2 aromatic heterocycles. The summed E-state index contributed by atoms with van der Waals surface area (Å²) in [5.74, 6) is 1.87. The number of phenols is 1. The van der Waals surface area contributed by atoms with E-state index < -0.39 is 6.04 Å². The molecule has 0 fully saturated rings. The van der Waals surface area contributed by atoms with Crippen LogP contribution in [-0.2, 0) is 6.54 Å². The number of phenolic OH excluding ortho intramolecular Hbond substituents is 1. The number of rotatable bonds is 11. The van der Waals surface area contributed by atoms with E-state index in [1.54, 1.807) is 30.4 Å². The second-order valence-electron chi connectivity index (χ2n) is 10.1. The summed E-state index contributed by atoms with van der Waals surface area (Å²) in [5.41, 5.74) is 4.94. The number of benzene rings is 2. The first-order valence-corrected chi connectivity index (χ1v) is 13.5. The number of nitrogens with one attached hydrogen (secondary N) is 1. The number of amides is 1. The average molecular weight is 530 g/mol. The van der Waals surface area contributed by atoms with Crippen molar-refractivity contribution >= 4 is 5.91 Å². The van der Waals surface area contributed by atoms with Gasteiger partial charge in [-0.15, -0.1) is 0 Å². The summed E-state index contributed by atoms with van der Waals surface area (Å²) in [6, 6.07) is 12.7. The molecule has 1 amide bonds. The van der Waals surface area contributed by atoms with Gasteiger partial charge in [-0.05, 0) is 67.3 Å². The highest BCUT2D eigenvalue weighted by Crippen LogP contribution is 2.47. The van der Waals surface area contributed by atoms with Crippen molar-refractivity contribution < 1.29 is 23.8 Å². The zero-order valence-corrected chi connectivity index (χ0v) is 22.9. The van der Waals surface area contributed by atoms with Crippen LogP contribution in [0.4, 0.5) is 0 Å². The van der Waals surface area contributed by atoms with Gasteiger partial charge in [0.2, 0.25) is 0 Å². The van der Waals surface area contributed by atoms with Gasteiger partial charge in [0.05, 0.1) is 32.6 Å². The quantitative estimate of drug-likeness (QED) is 0.210. The second kappa shape index (κ2) is 11.3. The van der Waals surface area contributed by atoms with Crippen molar-refractivity contribution in [2.24, 2.45) is 0 Å². The Kier molecular flexibility index (Phi) is 7.63. The number of aryl methyl sites for hydroxylation is 2. The molecule has 1 atom stereocenters. The van der Waals surface area contributed by atoms with Crippen LogP contribution in [-0.4, -0.2) is 39.8 Å². The number of nitrogens with zero attached hydrogens (tertiary/aromatic N) is 2. The Morgan fingerprint density at radius 2 is 1.95 bits per heavy atom. The number of fused-ring (bicyclic) bond motifs is 1. The van der Waals surface area contributed by atoms with E-state index in [4.69, 9.17) is 13.9 Å². The zero-order chi connectivity index (χ0) is 27.5. The normalized spacial score (nSPS) is 14.6. The first-order chi connectivity index (χ1) is 18.9. The van der Waals surface area contributed by atoms with Crippen LogP contribution in [0, 0.1) is 13.8 Å². The van der Waals surface area contributed by atoms with Crippen molar-refractivity contribution in [3.63, 3.8) is 0 Å². The standard InChI is InChI=1S/C31H35N3O5/c1-5-6-7-8-13-39-24-12-11-21(17-25(24)37-4)30-27-28(26-20(3)15-19(2)16-23(26)35)32-33-29(27)31(36)34(30)18-22-10-9-14-38-22/h9-12,14-17,30,35H,5-8,13,18H2,1-4H3,(H,32,33). The molecule has 39 heavy (non-hydrogen) atoms. The van der Waals surface area contributed by atoms with E-state index in [1.165, 1.54) is 12.8 Å². The number of aromatic nitrogens is 2.